The third-order valence-electron chi connectivity index (χ3n) is 5.76. The number of ether oxygens (including phenoxy) is 1. The summed E-state index contributed by atoms with van der Waals surface area (Å²) in [6.07, 6.45) is 5.98. The number of aryl methyl sites for hydroxylation is 1. The van der Waals surface area contributed by atoms with E-state index >= 15 is 0 Å². The van der Waals surface area contributed by atoms with Crippen LogP contribution in [0, 0.1) is 11.3 Å². The molecule has 2 atom stereocenters. The molecule has 2 N–H and O–H groups in total. The van der Waals surface area contributed by atoms with Crippen molar-refractivity contribution in [3.05, 3.63) is 47.3 Å². The Bertz CT molecular complexity index is 1350. The number of imidazole rings is 1. The van der Waals surface area contributed by atoms with Crippen LogP contribution in [0.15, 0.2) is 41.6 Å². The fraction of sp³-hybridized carbons (Fsp3) is 0.364. The lowest BCUT2D eigenvalue weighted by molar-refractivity contribution is -0.0497. The second-order valence-electron chi connectivity index (χ2n) is 7.83. The second-order valence-corrected chi connectivity index (χ2v) is 7.83. The summed E-state index contributed by atoms with van der Waals surface area (Å²) < 4.78 is 8.97. The number of aliphatic hydroxyl groups is 1. The lowest BCUT2D eigenvalue weighted by Gasteiger charge is -2.26. The number of aliphatic hydroxyl groups excluding tert-OH is 1. The van der Waals surface area contributed by atoms with E-state index in [0.29, 0.717) is 37.2 Å². The summed E-state index contributed by atoms with van der Waals surface area (Å²) in [4.78, 5) is 25.3. The average molecular weight is 418 g/mol. The number of nitriles is 1. The molecule has 0 aromatic carbocycles. The van der Waals surface area contributed by atoms with E-state index in [1.54, 1.807) is 17.0 Å². The molecule has 31 heavy (non-hydrogen) atoms. The second kappa shape index (κ2) is 7.98. The highest BCUT2D eigenvalue weighted by Gasteiger charge is 2.24. The molecule has 0 spiro atoms. The van der Waals surface area contributed by atoms with Crippen LogP contribution in [0.4, 0.5) is 0 Å². The number of aromatic nitrogens is 5. The Morgan fingerprint density at radius 1 is 1.26 bits per heavy atom. The van der Waals surface area contributed by atoms with Crippen molar-refractivity contribution in [2.24, 2.45) is 0 Å². The molecule has 158 valence electrons. The van der Waals surface area contributed by atoms with Gasteiger partial charge in [0.15, 0.2) is 5.65 Å². The van der Waals surface area contributed by atoms with Crippen molar-refractivity contribution in [2.45, 2.75) is 44.6 Å². The van der Waals surface area contributed by atoms with Crippen LogP contribution in [0.2, 0.25) is 0 Å². The largest absolute Gasteiger partial charge is 0.393 e. The van der Waals surface area contributed by atoms with E-state index in [1.165, 1.54) is 4.57 Å². The minimum Gasteiger partial charge on any atom is -0.393 e. The number of aromatic amines is 1. The van der Waals surface area contributed by atoms with E-state index in [1.807, 2.05) is 24.4 Å². The molecule has 5 rings (SSSR count). The van der Waals surface area contributed by atoms with E-state index in [4.69, 9.17) is 10.00 Å². The molecule has 0 radical (unpaired) electrons. The Balaban J connectivity index is 1.60. The number of hydrogen-bond donors (Lipinski definition) is 2. The van der Waals surface area contributed by atoms with E-state index in [9.17, 15) is 9.90 Å². The Morgan fingerprint density at radius 3 is 2.94 bits per heavy atom. The summed E-state index contributed by atoms with van der Waals surface area (Å²) in [5.41, 5.74) is 3.55. The summed E-state index contributed by atoms with van der Waals surface area (Å²) in [6.45, 7) is 1.07. The van der Waals surface area contributed by atoms with Crippen molar-refractivity contribution >= 4 is 22.2 Å². The molecular formula is C22H22N6O3. The fourth-order valence-electron chi connectivity index (χ4n) is 4.18. The van der Waals surface area contributed by atoms with Crippen molar-refractivity contribution in [2.75, 3.05) is 6.61 Å². The van der Waals surface area contributed by atoms with Gasteiger partial charge in [-0.1, -0.05) is 0 Å². The first-order valence-electron chi connectivity index (χ1n) is 10.3. The van der Waals surface area contributed by atoms with Crippen LogP contribution in [-0.4, -0.2) is 48.0 Å². The molecule has 4 aromatic rings. The van der Waals surface area contributed by atoms with E-state index in [-0.39, 0.29) is 24.8 Å². The van der Waals surface area contributed by atoms with Gasteiger partial charge in [-0.25, -0.2) is 14.8 Å². The molecule has 0 bridgehead atoms. The van der Waals surface area contributed by atoms with Gasteiger partial charge < -0.3 is 14.8 Å². The zero-order valence-electron chi connectivity index (χ0n) is 16.9. The third-order valence-corrected chi connectivity index (χ3v) is 5.76. The molecule has 9 heteroatoms. The topological polar surface area (TPSA) is 122 Å². The molecule has 5 heterocycles. The number of rotatable bonds is 5. The molecule has 0 aliphatic carbocycles. The predicted molar refractivity (Wildman–Crippen MR) is 114 cm³/mol. The number of H-pyrrole nitrogens is 1. The quantitative estimate of drug-likeness (QED) is 0.512. The molecule has 4 aromatic heterocycles. The summed E-state index contributed by atoms with van der Waals surface area (Å²) in [5, 5.41) is 20.0. The van der Waals surface area contributed by atoms with Gasteiger partial charge in [0, 0.05) is 54.7 Å². The standard InChI is InChI=1S/C22H22N6O3/c23-4-1-6-27-21-19(28(22(27)30)13-18-10-17(29)3-7-31-18)9-16(12-26-21)15-8-14-2-5-24-20(14)25-11-15/h2,5,8-9,11-12,17-18,29H,1,3,6-7,10,13H2,(H,24,25)/t17-,18-/m1/s1. The van der Waals surface area contributed by atoms with E-state index < -0.39 is 6.10 Å². The van der Waals surface area contributed by atoms with Crippen molar-refractivity contribution in [1.82, 2.24) is 24.1 Å². The van der Waals surface area contributed by atoms with E-state index in [2.05, 4.69) is 21.0 Å². The van der Waals surface area contributed by atoms with Gasteiger partial charge in [-0.2, -0.15) is 5.26 Å². The zero-order valence-corrected chi connectivity index (χ0v) is 16.9. The average Bonchev–Trinajstić information content (AvgIpc) is 3.34. The molecule has 1 saturated heterocycles. The highest BCUT2D eigenvalue weighted by Crippen LogP contribution is 2.25. The summed E-state index contributed by atoms with van der Waals surface area (Å²) in [5.74, 6) is 0. The van der Waals surface area contributed by atoms with Crippen LogP contribution < -0.4 is 5.69 Å². The van der Waals surface area contributed by atoms with Crippen LogP contribution in [0.5, 0.6) is 0 Å². The first-order chi connectivity index (χ1) is 15.1. The highest BCUT2D eigenvalue weighted by atomic mass is 16.5. The van der Waals surface area contributed by atoms with Crippen LogP contribution in [-0.2, 0) is 17.8 Å². The lowest BCUT2D eigenvalue weighted by Crippen LogP contribution is -2.35. The Morgan fingerprint density at radius 2 is 2.10 bits per heavy atom. The van der Waals surface area contributed by atoms with Crippen LogP contribution >= 0.6 is 0 Å². The lowest BCUT2D eigenvalue weighted by atomic mass is 10.1. The minimum absolute atomic E-state index is 0.217. The van der Waals surface area contributed by atoms with Crippen molar-refractivity contribution in [3.8, 4) is 17.2 Å². The number of nitrogens with one attached hydrogen (secondary N) is 1. The molecule has 1 aliphatic rings. The number of hydrogen-bond acceptors (Lipinski definition) is 6. The molecule has 9 nitrogen and oxygen atoms in total. The smallest absolute Gasteiger partial charge is 0.330 e. The summed E-state index contributed by atoms with van der Waals surface area (Å²) >= 11 is 0. The number of nitrogens with zero attached hydrogens (tertiary/aromatic N) is 5. The van der Waals surface area contributed by atoms with Gasteiger partial charge in [-0.3, -0.25) is 9.13 Å². The maximum absolute atomic E-state index is 13.2. The molecule has 0 amide bonds. The van der Waals surface area contributed by atoms with Crippen LogP contribution in [0.25, 0.3) is 33.3 Å². The Labute approximate surface area is 177 Å². The maximum Gasteiger partial charge on any atom is 0.330 e. The number of pyridine rings is 2. The summed E-state index contributed by atoms with van der Waals surface area (Å²) in [7, 11) is 0. The molecule has 1 aliphatic heterocycles. The monoisotopic (exact) mass is 418 g/mol. The van der Waals surface area contributed by atoms with Gasteiger partial charge in [0.2, 0.25) is 0 Å². The van der Waals surface area contributed by atoms with Gasteiger partial charge in [0.05, 0.1) is 36.8 Å². The normalized spacial score (nSPS) is 19.1. The Hall–Kier alpha value is -3.48. The SMILES string of the molecule is N#CCCn1c(=O)n(C[C@H]2C[C@H](O)CCO2)c2cc(-c3cnc4[nH]ccc4c3)cnc21. The molecule has 0 saturated carbocycles. The zero-order chi connectivity index (χ0) is 21.4. The third kappa shape index (κ3) is 3.60. The maximum atomic E-state index is 13.2. The fourth-order valence-corrected chi connectivity index (χ4v) is 4.18. The van der Waals surface area contributed by atoms with Crippen molar-refractivity contribution < 1.29 is 9.84 Å². The molecular weight excluding hydrogens is 396 g/mol. The first kappa shape index (κ1) is 19.5. The summed E-state index contributed by atoms with van der Waals surface area (Å²) in [6, 6.07) is 8.00. The first-order valence-corrected chi connectivity index (χ1v) is 10.3. The van der Waals surface area contributed by atoms with Crippen molar-refractivity contribution in [1.29, 1.82) is 5.26 Å². The minimum atomic E-state index is -0.422. The van der Waals surface area contributed by atoms with Gasteiger partial charge in [0.25, 0.3) is 0 Å². The van der Waals surface area contributed by atoms with Crippen LogP contribution in [0.3, 0.4) is 0 Å². The van der Waals surface area contributed by atoms with Gasteiger partial charge in [-0.15, -0.1) is 0 Å². The van der Waals surface area contributed by atoms with Crippen molar-refractivity contribution in [3.63, 3.8) is 0 Å². The van der Waals surface area contributed by atoms with Crippen LogP contribution in [0.1, 0.15) is 19.3 Å². The van der Waals surface area contributed by atoms with Gasteiger partial charge in [0.1, 0.15) is 5.65 Å². The van der Waals surface area contributed by atoms with Gasteiger partial charge >= 0.3 is 5.69 Å². The molecule has 0 unspecified atom stereocenters. The number of fused-ring (bicyclic) bond motifs is 2. The van der Waals surface area contributed by atoms with Gasteiger partial charge in [-0.05, 0) is 24.6 Å². The Kier molecular flexibility index (Phi) is 5.02. The predicted octanol–water partition coefficient (Wildman–Crippen LogP) is 2.19. The highest BCUT2D eigenvalue weighted by molar-refractivity contribution is 5.84. The van der Waals surface area contributed by atoms with E-state index in [0.717, 1.165) is 22.2 Å². The molecule has 1 fully saturated rings.